The van der Waals surface area contributed by atoms with Crippen molar-refractivity contribution in [3.8, 4) is 0 Å². The molecular formula is C19H26N2O. The lowest BCUT2D eigenvalue weighted by molar-refractivity contribution is 0.102. The Morgan fingerprint density at radius 1 is 1.27 bits per heavy atom. The number of carbonyl (C=O) groups is 1. The van der Waals surface area contributed by atoms with Gasteiger partial charge in [0.2, 0.25) is 0 Å². The highest BCUT2D eigenvalue weighted by Gasteiger charge is 2.36. The zero-order chi connectivity index (χ0) is 15.4. The van der Waals surface area contributed by atoms with Gasteiger partial charge in [-0.1, -0.05) is 37.3 Å². The van der Waals surface area contributed by atoms with Crippen LogP contribution in [-0.2, 0) is 6.42 Å². The van der Waals surface area contributed by atoms with Gasteiger partial charge in [-0.2, -0.15) is 0 Å². The Bertz CT molecular complexity index is 566. The highest BCUT2D eigenvalue weighted by Crippen LogP contribution is 2.40. The second kappa shape index (κ2) is 6.55. The van der Waals surface area contributed by atoms with Crippen molar-refractivity contribution in [1.82, 2.24) is 4.90 Å². The molecule has 1 atom stereocenters. The number of hydrogen-bond donors (Lipinski definition) is 1. The number of likely N-dealkylation sites (tertiary alicyclic amines) is 1. The van der Waals surface area contributed by atoms with E-state index in [2.05, 4.69) is 30.5 Å². The summed E-state index contributed by atoms with van der Waals surface area (Å²) in [5.74, 6) is 0. The maximum absolute atomic E-state index is 12.7. The fourth-order valence-corrected chi connectivity index (χ4v) is 3.84. The number of anilines is 1. The average molecular weight is 298 g/mol. The molecule has 1 aliphatic carbocycles. The van der Waals surface area contributed by atoms with Crippen molar-refractivity contribution in [2.24, 2.45) is 5.41 Å². The molecule has 3 rings (SSSR count). The predicted octanol–water partition coefficient (Wildman–Crippen LogP) is 4.60. The van der Waals surface area contributed by atoms with Crippen molar-refractivity contribution in [3.63, 3.8) is 0 Å². The maximum Gasteiger partial charge on any atom is 0.321 e. The van der Waals surface area contributed by atoms with E-state index in [9.17, 15) is 4.79 Å². The zero-order valence-corrected chi connectivity index (χ0v) is 13.5. The largest absolute Gasteiger partial charge is 0.324 e. The number of benzene rings is 1. The van der Waals surface area contributed by atoms with Crippen LogP contribution in [-0.4, -0.2) is 24.0 Å². The van der Waals surface area contributed by atoms with Crippen LogP contribution in [0, 0.1) is 5.41 Å². The molecule has 0 saturated carbocycles. The van der Waals surface area contributed by atoms with Crippen LogP contribution in [0.5, 0.6) is 0 Å². The molecule has 1 aliphatic heterocycles. The van der Waals surface area contributed by atoms with Gasteiger partial charge in [-0.05, 0) is 55.6 Å². The van der Waals surface area contributed by atoms with Crippen molar-refractivity contribution in [2.75, 3.05) is 18.4 Å². The summed E-state index contributed by atoms with van der Waals surface area (Å²) in [4.78, 5) is 14.7. The molecule has 1 N–H and O–H groups in total. The molecule has 2 aliphatic rings. The summed E-state index contributed by atoms with van der Waals surface area (Å²) in [5, 5.41) is 3.12. The lowest BCUT2D eigenvalue weighted by Crippen LogP contribution is -2.48. The lowest BCUT2D eigenvalue weighted by Gasteiger charge is -2.43. The molecule has 0 radical (unpaired) electrons. The molecule has 3 nitrogen and oxygen atoms in total. The first-order valence-electron chi connectivity index (χ1n) is 8.51. The van der Waals surface area contributed by atoms with Crippen molar-refractivity contribution in [3.05, 3.63) is 42.0 Å². The van der Waals surface area contributed by atoms with E-state index in [4.69, 9.17) is 0 Å². The molecule has 3 heteroatoms. The van der Waals surface area contributed by atoms with Gasteiger partial charge in [0, 0.05) is 18.8 Å². The van der Waals surface area contributed by atoms with Gasteiger partial charge in [0.25, 0.3) is 0 Å². The van der Waals surface area contributed by atoms with Crippen molar-refractivity contribution in [1.29, 1.82) is 0 Å². The molecular weight excluding hydrogens is 272 g/mol. The summed E-state index contributed by atoms with van der Waals surface area (Å²) in [6.07, 6.45) is 11.4. The van der Waals surface area contributed by atoms with E-state index >= 15 is 0 Å². The normalized spacial score (nSPS) is 24.5. The summed E-state index contributed by atoms with van der Waals surface area (Å²) in [7, 11) is 0. The minimum absolute atomic E-state index is 0.0644. The Morgan fingerprint density at radius 3 is 2.91 bits per heavy atom. The van der Waals surface area contributed by atoms with Crippen LogP contribution in [0.3, 0.4) is 0 Å². The molecule has 1 heterocycles. The van der Waals surface area contributed by atoms with Gasteiger partial charge < -0.3 is 10.2 Å². The van der Waals surface area contributed by atoms with Gasteiger partial charge >= 0.3 is 6.03 Å². The van der Waals surface area contributed by atoms with E-state index in [0.717, 1.165) is 44.5 Å². The summed E-state index contributed by atoms with van der Waals surface area (Å²) in [5.41, 5.74) is 2.48. The number of amides is 2. The first-order valence-corrected chi connectivity index (χ1v) is 8.51. The van der Waals surface area contributed by atoms with E-state index in [1.165, 1.54) is 18.4 Å². The Labute approximate surface area is 133 Å². The Morgan fingerprint density at radius 2 is 2.14 bits per heavy atom. The van der Waals surface area contributed by atoms with E-state index in [0.29, 0.717) is 5.41 Å². The number of rotatable bonds is 2. The highest BCUT2D eigenvalue weighted by atomic mass is 16.2. The summed E-state index contributed by atoms with van der Waals surface area (Å²) in [6, 6.07) is 8.16. The summed E-state index contributed by atoms with van der Waals surface area (Å²) in [6.45, 7) is 3.90. The van der Waals surface area contributed by atoms with Gasteiger partial charge in [-0.25, -0.2) is 4.79 Å². The maximum atomic E-state index is 12.7. The standard InChI is InChI=1S/C19H26N2O/c1-2-16-9-4-5-10-17(16)20-18(22)21-14-8-13-19(15-21)11-6-3-7-12-19/h3-6,9-10H,2,7-8,11-15H2,1H3,(H,20,22). The molecule has 1 unspecified atom stereocenters. The third-order valence-corrected chi connectivity index (χ3v) is 5.15. The van der Waals surface area contributed by atoms with E-state index in [-0.39, 0.29) is 6.03 Å². The first kappa shape index (κ1) is 15.1. The van der Waals surface area contributed by atoms with E-state index < -0.39 is 0 Å². The first-order chi connectivity index (χ1) is 10.7. The molecule has 0 bridgehead atoms. The smallest absolute Gasteiger partial charge is 0.321 e. The number of allylic oxidation sites excluding steroid dienone is 2. The van der Waals surface area contributed by atoms with Gasteiger partial charge in [0.05, 0.1) is 0 Å². The third-order valence-electron chi connectivity index (χ3n) is 5.15. The van der Waals surface area contributed by atoms with E-state index in [1.807, 2.05) is 23.1 Å². The molecule has 2 amide bonds. The molecule has 0 aromatic heterocycles. The fourth-order valence-electron chi connectivity index (χ4n) is 3.84. The molecule has 118 valence electrons. The van der Waals surface area contributed by atoms with Crippen LogP contribution in [0.15, 0.2) is 36.4 Å². The summed E-state index contributed by atoms with van der Waals surface area (Å²) < 4.78 is 0. The van der Waals surface area contributed by atoms with Crippen molar-refractivity contribution in [2.45, 2.75) is 45.4 Å². The predicted molar refractivity (Wildman–Crippen MR) is 91.1 cm³/mol. The van der Waals surface area contributed by atoms with Crippen molar-refractivity contribution < 1.29 is 4.79 Å². The highest BCUT2D eigenvalue weighted by molar-refractivity contribution is 5.90. The quantitative estimate of drug-likeness (QED) is 0.795. The number of urea groups is 1. The molecule has 1 fully saturated rings. The number of nitrogens with one attached hydrogen (secondary N) is 1. The molecule has 1 aromatic carbocycles. The number of para-hydroxylation sites is 1. The van der Waals surface area contributed by atoms with Crippen LogP contribution < -0.4 is 5.32 Å². The number of piperidine rings is 1. The van der Waals surface area contributed by atoms with Gasteiger partial charge in [-0.3, -0.25) is 0 Å². The lowest BCUT2D eigenvalue weighted by atomic mass is 9.71. The molecule has 22 heavy (non-hydrogen) atoms. The Hall–Kier alpha value is -1.77. The minimum atomic E-state index is 0.0644. The average Bonchev–Trinajstić information content (AvgIpc) is 2.56. The third kappa shape index (κ3) is 3.18. The number of carbonyl (C=O) groups excluding carboxylic acids is 1. The monoisotopic (exact) mass is 298 g/mol. The minimum Gasteiger partial charge on any atom is -0.324 e. The molecule has 1 aromatic rings. The zero-order valence-electron chi connectivity index (χ0n) is 13.5. The van der Waals surface area contributed by atoms with Crippen LogP contribution in [0.25, 0.3) is 0 Å². The molecule has 1 spiro atoms. The Balaban J connectivity index is 1.68. The van der Waals surface area contributed by atoms with Crippen LogP contribution in [0.4, 0.5) is 10.5 Å². The molecule has 1 saturated heterocycles. The van der Waals surface area contributed by atoms with Gasteiger partial charge in [0.1, 0.15) is 0 Å². The van der Waals surface area contributed by atoms with Crippen molar-refractivity contribution >= 4 is 11.7 Å². The van der Waals surface area contributed by atoms with Crippen LogP contribution in [0.1, 0.15) is 44.6 Å². The topological polar surface area (TPSA) is 32.3 Å². The van der Waals surface area contributed by atoms with Crippen LogP contribution in [0.2, 0.25) is 0 Å². The summed E-state index contributed by atoms with van der Waals surface area (Å²) >= 11 is 0. The fraction of sp³-hybridized carbons (Fsp3) is 0.526. The van der Waals surface area contributed by atoms with E-state index in [1.54, 1.807) is 0 Å². The van der Waals surface area contributed by atoms with Gasteiger partial charge in [0.15, 0.2) is 0 Å². The Kier molecular flexibility index (Phi) is 4.51. The number of hydrogen-bond acceptors (Lipinski definition) is 1. The van der Waals surface area contributed by atoms with Gasteiger partial charge in [-0.15, -0.1) is 0 Å². The number of nitrogens with zero attached hydrogens (tertiary/aromatic N) is 1. The second-order valence-corrected chi connectivity index (χ2v) is 6.68. The SMILES string of the molecule is CCc1ccccc1NC(=O)N1CCCC2(CC=CCC2)C1. The second-order valence-electron chi connectivity index (χ2n) is 6.68. The number of aryl methyl sites for hydroxylation is 1. The van der Waals surface area contributed by atoms with Crippen LogP contribution >= 0.6 is 0 Å².